The Labute approximate surface area is 121 Å². The van der Waals surface area contributed by atoms with E-state index in [0.29, 0.717) is 5.76 Å². The molecule has 0 aliphatic heterocycles. The Bertz CT molecular complexity index is 698. The minimum atomic E-state index is -0.709. The van der Waals surface area contributed by atoms with Crippen LogP contribution in [0.25, 0.3) is 11.0 Å². The van der Waals surface area contributed by atoms with Gasteiger partial charge in [-0.15, -0.1) is 0 Å². The Balaban J connectivity index is 1.51. The van der Waals surface area contributed by atoms with Gasteiger partial charge in [0.1, 0.15) is 18.0 Å². The third kappa shape index (κ3) is 3.42. The molecular formula is C17H14O4. The van der Waals surface area contributed by atoms with Crippen molar-refractivity contribution in [1.29, 1.82) is 0 Å². The van der Waals surface area contributed by atoms with Crippen LogP contribution in [0.3, 0.4) is 0 Å². The summed E-state index contributed by atoms with van der Waals surface area (Å²) in [6.45, 7) is 0.252. The number of carbonyl (C=O) groups is 1. The number of benzene rings is 2. The molecule has 21 heavy (non-hydrogen) atoms. The molecule has 0 aliphatic rings. The topological polar surface area (TPSA) is 48.7 Å². The zero-order valence-electron chi connectivity index (χ0n) is 11.3. The molecule has 0 radical (unpaired) electrons. The molecule has 0 saturated carbocycles. The average molecular weight is 282 g/mol. The van der Waals surface area contributed by atoms with Gasteiger partial charge in [-0.3, -0.25) is 0 Å². The van der Waals surface area contributed by atoms with Gasteiger partial charge in [0.25, 0.3) is 0 Å². The molecule has 0 amide bonds. The van der Waals surface area contributed by atoms with Crippen LogP contribution in [0.1, 0.15) is 11.3 Å². The van der Waals surface area contributed by atoms with Gasteiger partial charge in [0.15, 0.2) is 6.61 Å². The summed E-state index contributed by atoms with van der Waals surface area (Å²) in [7, 11) is 0. The van der Waals surface area contributed by atoms with Gasteiger partial charge in [0.2, 0.25) is 0 Å². The Morgan fingerprint density at radius 3 is 2.43 bits per heavy atom. The van der Waals surface area contributed by atoms with E-state index in [1.165, 1.54) is 0 Å². The molecule has 0 bridgehead atoms. The summed E-state index contributed by atoms with van der Waals surface area (Å²) in [4.78, 5) is 11.5. The lowest BCUT2D eigenvalue weighted by atomic mass is 10.2. The van der Waals surface area contributed by atoms with Crippen LogP contribution in [0, 0.1) is 0 Å². The summed E-state index contributed by atoms with van der Waals surface area (Å²) in [6.07, 6.45) is -0.709. The van der Waals surface area contributed by atoms with E-state index in [4.69, 9.17) is 13.9 Å². The molecule has 0 fully saturated rings. The lowest BCUT2D eigenvalue weighted by molar-refractivity contribution is 0.0406. The summed E-state index contributed by atoms with van der Waals surface area (Å²) in [6, 6.07) is 18.9. The van der Waals surface area contributed by atoms with Crippen LogP contribution in [0.15, 0.2) is 65.1 Å². The number of carbonyl (C=O) groups excluding carboxylic acids is 1. The summed E-state index contributed by atoms with van der Waals surface area (Å²) in [5.41, 5.74) is 1.69. The molecule has 1 aromatic heterocycles. The molecule has 2 aromatic carbocycles. The van der Waals surface area contributed by atoms with E-state index in [1.807, 2.05) is 60.7 Å². The highest BCUT2D eigenvalue weighted by molar-refractivity contribution is 5.77. The lowest BCUT2D eigenvalue weighted by Crippen LogP contribution is -2.07. The Kier molecular flexibility index (Phi) is 3.87. The predicted octanol–water partition coefficient (Wildman–Crippen LogP) is 4.29. The number of ether oxygens (including phenoxy) is 2. The fourth-order valence-electron chi connectivity index (χ4n) is 2.00. The van der Waals surface area contributed by atoms with Crippen molar-refractivity contribution >= 4 is 17.1 Å². The smallest absolute Gasteiger partial charge is 0.457 e. The third-order valence-corrected chi connectivity index (χ3v) is 3.01. The Morgan fingerprint density at radius 2 is 1.62 bits per heavy atom. The summed E-state index contributed by atoms with van der Waals surface area (Å²) in [5, 5.41) is 0.980. The van der Waals surface area contributed by atoms with Crippen LogP contribution in [0.2, 0.25) is 0 Å². The molecular weight excluding hydrogens is 268 g/mol. The number of para-hydroxylation sites is 1. The first kappa shape index (κ1) is 13.2. The van der Waals surface area contributed by atoms with Gasteiger partial charge in [0.05, 0.1) is 0 Å². The van der Waals surface area contributed by atoms with E-state index < -0.39 is 6.16 Å². The number of furan rings is 1. The van der Waals surface area contributed by atoms with Crippen molar-refractivity contribution in [1.82, 2.24) is 0 Å². The molecule has 1 heterocycles. The zero-order chi connectivity index (χ0) is 14.5. The van der Waals surface area contributed by atoms with Gasteiger partial charge < -0.3 is 13.9 Å². The molecule has 0 atom stereocenters. The van der Waals surface area contributed by atoms with Crippen LogP contribution < -0.4 is 0 Å². The number of fused-ring (bicyclic) bond motifs is 1. The Morgan fingerprint density at radius 1 is 0.905 bits per heavy atom. The third-order valence-electron chi connectivity index (χ3n) is 3.01. The molecule has 106 valence electrons. The van der Waals surface area contributed by atoms with Crippen LogP contribution >= 0.6 is 0 Å². The quantitative estimate of drug-likeness (QED) is 0.670. The van der Waals surface area contributed by atoms with Crippen molar-refractivity contribution in [3.8, 4) is 0 Å². The van der Waals surface area contributed by atoms with Crippen LogP contribution in [-0.2, 0) is 22.7 Å². The van der Waals surface area contributed by atoms with Crippen molar-refractivity contribution in [3.05, 3.63) is 72.0 Å². The highest BCUT2D eigenvalue weighted by Crippen LogP contribution is 2.19. The van der Waals surface area contributed by atoms with E-state index >= 15 is 0 Å². The van der Waals surface area contributed by atoms with Crippen LogP contribution in [0.5, 0.6) is 0 Å². The normalized spacial score (nSPS) is 10.5. The van der Waals surface area contributed by atoms with E-state index in [-0.39, 0.29) is 13.2 Å². The number of hydrogen-bond donors (Lipinski definition) is 0. The predicted molar refractivity (Wildman–Crippen MR) is 77.6 cm³/mol. The van der Waals surface area contributed by atoms with E-state index in [9.17, 15) is 4.79 Å². The van der Waals surface area contributed by atoms with Gasteiger partial charge >= 0.3 is 6.16 Å². The first-order valence-electron chi connectivity index (χ1n) is 6.62. The van der Waals surface area contributed by atoms with Gasteiger partial charge in [-0.2, -0.15) is 0 Å². The molecule has 4 heteroatoms. The fourth-order valence-corrected chi connectivity index (χ4v) is 2.00. The molecule has 0 aliphatic carbocycles. The second-order valence-electron chi connectivity index (χ2n) is 4.56. The largest absolute Gasteiger partial charge is 0.509 e. The van der Waals surface area contributed by atoms with Crippen LogP contribution in [-0.4, -0.2) is 6.16 Å². The standard InChI is InChI=1S/C17H14O4/c18-17(19-11-13-6-2-1-3-7-13)20-12-15-10-14-8-4-5-9-16(14)21-15/h1-10H,11-12H2. The second kappa shape index (κ2) is 6.13. The van der Waals surface area contributed by atoms with Crippen molar-refractivity contribution in [3.63, 3.8) is 0 Å². The first-order chi connectivity index (χ1) is 10.3. The van der Waals surface area contributed by atoms with E-state index in [1.54, 1.807) is 0 Å². The fraction of sp³-hybridized carbons (Fsp3) is 0.118. The lowest BCUT2D eigenvalue weighted by Gasteiger charge is -2.04. The molecule has 0 N–H and O–H groups in total. The van der Waals surface area contributed by atoms with Gasteiger partial charge in [-0.25, -0.2) is 4.79 Å². The van der Waals surface area contributed by atoms with Crippen molar-refractivity contribution in [2.75, 3.05) is 0 Å². The molecule has 4 nitrogen and oxygen atoms in total. The molecule has 0 saturated heterocycles. The molecule has 3 rings (SSSR count). The summed E-state index contributed by atoms with van der Waals surface area (Å²) >= 11 is 0. The van der Waals surface area contributed by atoms with Crippen molar-refractivity contribution < 1.29 is 18.7 Å². The average Bonchev–Trinajstić information content (AvgIpc) is 2.95. The minimum Gasteiger partial charge on any atom is -0.457 e. The molecule has 0 spiro atoms. The second-order valence-corrected chi connectivity index (χ2v) is 4.56. The van der Waals surface area contributed by atoms with Gasteiger partial charge in [0, 0.05) is 5.39 Å². The zero-order valence-corrected chi connectivity index (χ0v) is 11.3. The molecule has 3 aromatic rings. The van der Waals surface area contributed by atoms with E-state index in [2.05, 4.69) is 0 Å². The van der Waals surface area contributed by atoms with Gasteiger partial charge in [-0.05, 0) is 17.7 Å². The maximum Gasteiger partial charge on any atom is 0.509 e. The maximum atomic E-state index is 11.5. The summed E-state index contributed by atoms with van der Waals surface area (Å²) in [5.74, 6) is 0.591. The first-order valence-corrected chi connectivity index (χ1v) is 6.62. The number of rotatable bonds is 4. The maximum absolute atomic E-state index is 11.5. The van der Waals surface area contributed by atoms with Crippen molar-refractivity contribution in [2.45, 2.75) is 13.2 Å². The Hall–Kier alpha value is -2.75. The SMILES string of the molecule is O=C(OCc1ccccc1)OCc1cc2ccccc2o1. The molecule has 0 unspecified atom stereocenters. The summed E-state index contributed by atoms with van der Waals surface area (Å²) < 4.78 is 15.6. The minimum absolute atomic E-state index is 0.0578. The van der Waals surface area contributed by atoms with Crippen molar-refractivity contribution in [2.24, 2.45) is 0 Å². The monoisotopic (exact) mass is 282 g/mol. The van der Waals surface area contributed by atoms with E-state index in [0.717, 1.165) is 16.5 Å². The van der Waals surface area contributed by atoms with Gasteiger partial charge in [-0.1, -0.05) is 48.5 Å². The highest BCUT2D eigenvalue weighted by Gasteiger charge is 2.08. The number of hydrogen-bond acceptors (Lipinski definition) is 4. The van der Waals surface area contributed by atoms with Crippen LogP contribution in [0.4, 0.5) is 4.79 Å². The highest BCUT2D eigenvalue weighted by atomic mass is 16.7.